The van der Waals surface area contributed by atoms with Gasteiger partial charge in [0.25, 0.3) is 0 Å². The van der Waals surface area contributed by atoms with E-state index in [1.165, 1.54) is 10.8 Å². The summed E-state index contributed by atoms with van der Waals surface area (Å²) in [5.41, 5.74) is 6.51. The first-order valence-electron chi connectivity index (χ1n) is 10.7. The van der Waals surface area contributed by atoms with Crippen LogP contribution in [0.1, 0.15) is 5.56 Å². The van der Waals surface area contributed by atoms with Crippen LogP contribution >= 0.6 is 0 Å². The molecule has 32 heavy (non-hydrogen) atoms. The molecule has 1 aliphatic heterocycles. The highest BCUT2D eigenvalue weighted by molar-refractivity contribution is 6.19. The van der Waals surface area contributed by atoms with E-state index >= 15 is 0 Å². The summed E-state index contributed by atoms with van der Waals surface area (Å²) in [4.78, 5) is 7.18. The van der Waals surface area contributed by atoms with Gasteiger partial charge in [0.15, 0.2) is 0 Å². The van der Waals surface area contributed by atoms with Crippen LogP contribution in [-0.4, -0.2) is 5.84 Å². The molecule has 0 unspecified atom stereocenters. The number of rotatable bonds is 4. The van der Waals surface area contributed by atoms with Gasteiger partial charge in [0.1, 0.15) is 5.84 Å². The van der Waals surface area contributed by atoms with E-state index in [4.69, 9.17) is 4.99 Å². The molecule has 0 radical (unpaired) electrons. The van der Waals surface area contributed by atoms with Crippen LogP contribution < -0.4 is 10.2 Å². The lowest BCUT2D eigenvalue weighted by Gasteiger charge is -2.26. The van der Waals surface area contributed by atoms with Crippen molar-refractivity contribution in [1.29, 1.82) is 0 Å². The fraction of sp³-hybridized carbons (Fsp3) is 0. The van der Waals surface area contributed by atoms with Crippen molar-refractivity contribution in [2.75, 3.05) is 10.2 Å². The lowest BCUT2D eigenvalue weighted by atomic mass is 10.0. The summed E-state index contributed by atoms with van der Waals surface area (Å²) in [6.45, 7) is 0. The van der Waals surface area contributed by atoms with Crippen molar-refractivity contribution in [2.45, 2.75) is 0 Å². The second kappa shape index (κ2) is 7.71. The van der Waals surface area contributed by atoms with Crippen LogP contribution in [0.15, 0.2) is 126 Å². The van der Waals surface area contributed by atoms with Gasteiger partial charge in [0, 0.05) is 33.7 Å². The molecule has 0 atom stereocenters. The lowest BCUT2D eigenvalue weighted by Crippen LogP contribution is -2.16. The summed E-state index contributed by atoms with van der Waals surface area (Å²) >= 11 is 0. The molecule has 5 aromatic carbocycles. The first-order valence-corrected chi connectivity index (χ1v) is 10.7. The van der Waals surface area contributed by atoms with Gasteiger partial charge in [-0.15, -0.1) is 0 Å². The minimum absolute atomic E-state index is 0.869. The fourth-order valence-electron chi connectivity index (χ4n) is 4.30. The highest BCUT2D eigenvalue weighted by Crippen LogP contribution is 2.37. The summed E-state index contributed by atoms with van der Waals surface area (Å²) in [6.07, 6.45) is 0. The highest BCUT2D eigenvalue weighted by Gasteiger charge is 2.17. The zero-order valence-electron chi connectivity index (χ0n) is 17.4. The number of para-hydroxylation sites is 2. The molecule has 0 fully saturated rings. The molecule has 0 bridgehead atoms. The number of nitrogens with one attached hydrogen (secondary N) is 1. The average Bonchev–Trinajstić information content (AvgIpc) is 2.86. The van der Waals surface area contributed by atoms with Crippen molar-refractivity contribution in [3.05, 3.63) is 127 Å². The quantitative estimate of drug-likeness (QED) is 0.326. The topological polar surface area (TPSA) is 27.6 Å². The smallest absolute Gasteiger partial charge is 0.138 e. The molecule has 6 rings (SSSR count). The SMILES string of the molecule is c1ccc(N(c2ccccc2)c2ccc(C3=Nc4cccc5cccc(c45)N3)cc2)cc1. The first kappa shape index (κ1) is 18.4. The molecule has 0 saturated carbocycles. The Hall–Kier alpha value is -4.37. The molecule has 0 aromatic heterocycles. The Morgan fingerprint density at radius 3 is 1.78 bits per heavy atom. The third kappa shape index (κ3) is 3.21. The van der Waals surface area contributed by atoms with Gasteiger partial charge in [-0.1, -0.05) is 60.7 Å². The van der Waals surface area contributed by atoms with Crippen molar-refractivity contribution in [1.82, 2.24) is 0 Å². The van der Waals surface area contributed by atoms with Crippen LogP contribution in [0, 0.1) is 0 Å². The van der Waals surface area contributed by atoms with Gasteiger partial charge in [-0.05, 0) is 66.0 Å². The minimum atomic E-state index is 0.869. The molecule has 0 aliphatic carbocycles. The van der Waals surface area contributed by atoms with Crippen LogP contribution in [0.25, 0.3) is 10.8 Å². The van der Waals surface area contributed by atoms with Gasteiger partial charge < -0.3 is 10.2 Å². The summed E-state index contributed by atoms with van der Waals surface area (Å²) < 4.78 is 0. The normalized spacial score (nSPS) is 12.2. The maximum Gasteiger partial charge on any atom is 0.138 e. The summed E-state index contributed by atoms with van der Waals surface area (Å²) in [5, 5.41) is 5.90. The molecule has 0 saturated heterocycles. The zero-order valence-corrected chi connectivity index (χ0v) is 17.4. The molecule has 0 spiro atoms. The van der Waals surface area contributed by atoms with Crippen LogP contribution in [0.4, 0.5) is 28.4 Å². The second-order valence-electron chi connectivity index (χ2n) is 7.82. The van der Waals surface area contributed by atoms with E-state index in [2.05, 4.69) is 119 Å². The molecule has 5 aromatic rings. The van der Waals surface area contributed by atoms with E-state index in [1.54, 1.807) is 0 Å². The van der Waals surface area contributed by atoms with Crippen LogP contribution in [0.2, 0.25) is 0 Å². The van der Waals surface area contributed by atoms with E-state index in [0.717, 1.165) is 39.8 Å². The summed E-state index contributed by atoms with van der Waals surface area (Å²) in [6, 6.07) is 42.0. The van der Waals surface area contributed by atoms with Gasteiger partial charge >= 0.3 is 0 Å². The Labute approximate surface area is 187 Å². The van der Waals surface area contributed by atoms with Crippen molar-refractivity contribution in [2.24, 2.45) is 4.99 Å². The number of hydrogen-bond donors (Lipinski definition) is 1. The summed E-state index contributed by atoms with van der Waals surface area (Å²) in [5.74, 6) is 0.869. The molecular formula is C29H21N3. The van der Waals surface area contributed by atoms with E-state index in [0.29, 0.717) is 0 Å². The van der Waals surface area contributed by atoms with Crippen LogP contribution in [0.3, 0.4) is 0 Å². The van der Waals surface area contributed by atoms with Crippen molar-refractivity contribution in [3.8, 4) is 0 Å². The Bertz CT molecular complexity index is 1380. The molecule has 152 valence electrons. The molecule has 1 aliphatic rings. The fourth-order valence-corrected chi connectivity index (χ4v) is 4.30. The zero-order chi connectivity index (χ0) is 21.3. The monoisotopic (exact) mass is 411 g/mol. The average molecular weight is 412 g/mol. The van der Waals surface area contributed by atoms with Crippen molar-refractivity contribution < 1.29 is 0 Å². The van der Waals surface area contributed by atoms with E-state index in [1.807, 2.05) is 12.1 Å². The number of nitrogens with zero attached hydrogens (tertiary/aromatic N) is 2. The molecule has 0 amide bonds. The molecule has 1 N–H and O–H groups in total. The Kier molecular flexibility index (Phi) is 4.43. The van der Waals surface area contributed by atoms with E-state index in [9.17, 15) is 0 Å². The van der Waals surface area contributed by atoms with Crippen molar-refractivity contribution in [3.63, 3.8) is 0 Å². The standard InChI is InChI=1S/C29H21N3/c1-3-11-23(12-4-1)32(24-13-5-2-6-14-24)25-19-17-22(18-20-25)29-30-26-15-7-9-21-10-8-16-27(31-29)28(21)26/h1-20H,(H,30,31). The van der Waals surface area contributed by atoms with Gasteiger partial charge in [-0.3, -0.25) is 0 Å². The predicted octanol–water partition coefficient (Wildman–Crippen LogP) is 7.81. The van der Waals surface area contributed by atoms with E-state index < -0.39 is 0 Å². The first-order chi connectivity index (χ1) is 15.9. The maximum atomic E-state index is 4.92. The van der Waals surface area contributed by atoms with E-state index in [-0.39, 0.29) is 0 Å². The third-order valence-electron chi connectivity index (χ3n) is 5.80. The van der Waals surface area contributed by atoms with Gasteiger partial charge in [-0.25, -0.2) is 4.99 Å². The number of anilines is 4. The predicted molar refractivity (Wildman–Crippen MR) is 135 cm³/mol. The highest BCUT2D eigenvalue weighted by atomic mass is 15.1. The number of amidine groups is 1. The molecule has 1 heterocycles. The van der Waals surface area contributed by atoms with Gasteiger partial charge in [0.2, 0.25) is 0 Å². The number of hydrogen-bond acceptors (Lipinski definition) is 3. The number of benzene rings is 5. The van der Waals surface area contributed by atoms with Gasteiger partial charge in [-0.2, -0.15) is 0 Å². The Morgan fingerprint density at radius 1 is 0.531 bits per heavy atom. The summed E-state index contributed by atoms with van der Waals surface area (Å²) in [7, 11) is 0. The molecule has 3 heteroatoms. The van der Waals surface area contributed by atoms with Gasteiger partial charge in [0.05, 0.1) is 5.69 Å². The molecular weight excluding hydrogens is 390 g/mol. The lowest BCUT2D eigenvalue weighted by molar-refractivity contribution is 1.28. The number of aliphatic imine (C=N–C) groups is 1. The largest absolute Gasteiger partial charge is 0.339 e. The van der Waals surface area contributed by atoms with Crippen LogP contribution in [0.5, 0.6) is 0 Å². The minimum Gasteiger partial charge on any atom is -0.339 e. The van der Waals surface area contributed by atoms with Crippen LogP contribution in [-0.2, 0) is 0 Å². The Morgan fingerprint density at radius 2 is 1.12 bits per heavy atom. The maximum absolute atomic E-state index is 4.92. The Balaban J connectivity index is 1.39. The second-order valence-corrected chi connectivity index (χ2v) is 7.82. The molecule has 3 nitrogen and oxygen atoms in total. The third-order valence-corrected chi connectivity index (χ3v) is 5.80. The van der Waals surface area contributed by atoms with Crippen molar-refractivity contribution >= 4 is 45.0 Å².